The zero-order valence-electron chi connectivity index (χ0n) is 16.7. The van der Waals surface area contributed by atoms with E-state index in [4.69, 9.17) is 20.5 Å². The Morgan fingerprint density at radius 3 is 2.48 bits per heavy atom. The highest BCUT2D eigenvalue weighted by Gasteiger charge is 2.16. The fraction of sp³-hybridized carbons (Fsp3) is 0.143. The van der Waals surface area contributed by atoms with Crippen molar-refractivity contribution in [3.05, 3.63) is 57.6 Å². The fourth-order valence-corrected chi connectivity index (χ4v) is 3.00. The van der Waals surface area contributed by atoms with Crippen molar-refractivity contribution in [1.82, 2.24) is 5.32 Å². The minimum Gasteiger partial charge on any atom is -0.493 e. The highest BCUT2D eigenvalue weighted by molar-refractivity contribution is 9.10. The number of ether oxygens (including phenoxy) is 2. The van der Waals surface area contributed by atoms with Gasteiger partial charge >= 0.3 is 6.03 Å². The van der Waals surface area contributed by atoms with Crippen molar-refractivity contribution in [2.24, 2.45) is 5.73 Å². The molecule has 31 heavy (non-hydrogen) atoms. The van der Waals surface area contributed by atoms with Crippen molar-refractivity contribution in [2.75, 3.05) is 19.0 Å². The van der Waals surface area contributed by atoms with E-state index in [-0.39, 0.29) is 29.6 Å². The Hall–Kier alpha value is -3.84. The van der Waals surface area contributed by atoms with Gasteiger partial charge in [0.05, 0.1) is 11.6 Å². The van der Waals surface area contributed by atoms with Gasteiger partial charge in [-0.2, -0.15) is 5.26 Å². The number of imide groups is 1. The Balaban J connectivity index is 2.16. The van der Waals surface area contributed by atoms with Crippen molar-refractivity contribution in [3.63, 3.8) is 0 Å². The van der Waals surface area contributed by atoms with Gasteiger partial charge in [0.15, 0.2) is 18.1 Å². The minimum atomic E-state index is -1.07. The highest BCUT2D eigenvalue weighted by Crippen LogP contribution is 2.37. The number of nitrogens with two attached hydrogens (primary N) is 1. The van der Waals surface area contributed by atoms with E-state index in [1.54, 1.807) is 24.3 Å². The van der Waals surface area contributed by atoms with Crippen LogP contribution in [0.2, 0.25) is 0 Å². The van der Waals surface area contributed by atoms with Crippen LogP contribution in [0.1, 0.15) is 11.1 Å². The zero-order valence-corrected chi connectivity index (χ0v) is 18.3. The van der Waals surface area contributed by atoms with Crippen LogP contribution in [0.25, 0.3) is 6.08 Å². The van der Waals surface area contributed by atoms with Gasteiger partial charge in [-0.05, 0) is 58.8 Å². The number of rotatable bonds is 7. The normalized spacial score (nSPS) is 10.6. The number of carbonyl (C=O) groups excluding carboxylic acids is 3. The van der Waals surface area contributed by atoms with Gasteiger partial charge in [-0.1, -0.05) is 17.7 Å². The number of hydrogen-bond donors (Lipinski definition) is 3. The SMILES string of the molecule is COc1cc(/C=C(/C#N)C(=O)NC(N)=O)cc(Br)c1OCC(=O)Nc1ccc(C)cc1. The van der Waals surface area contributed by atoms with Gasteiger partial charge in [0, 0.05) is 5.69 Å². The smallest absolute Gasteiger partial charge is 0.319 e. The van der Waals surface area contributed by atoms with Crippen LogP contribution in [0.4, 0.5) is 10.5 Å². The second kappa shape index (κ2) is 10.8. The summed E-state index contributed by atoms with van der Waals surface area (Å²) in [6.07, 6.45) is 1.25. The van der Waals surface area contributed by atoms with Gasteiger partial charge in [-0.25, -0.2) is 4.79 Å². The number of carbonyl (C=O) groups is 3. The van der Waals surface area contributed by atoms with Crippen molar-refractivity contribution >= 4 is 45.5 Å². The third-order valence-corrected chi connectivity index (χ3v) is 4.44. The second-order valence-corrected chi connectivity index (χ2v) is 7.08. The Bertz CT molecular complexity index is 1070. The maximum absolute atomic E-state index is 12.2. The summed E-state index contributed by atoms with van der Waals surface area (Å²) < 4.78 is 11.3. The van der Waals surface area contributed by atoms with E-state index in [1.807, 2.05) is 24.4 Å². The van der Waals surface area contributed by atoms with E-state index in [0.29, 0.717) is 15.7 Å². The van der Waals surface area contributed by atoms with E-state index in [1.165, 1.54) is 19.3 Å². The fourth-order valence-electron chi connectivity index (χ4n) is 2.43. The second-order valence-electron chi connectivity index (χ2n) is 6.23. The number of benzene rings is 2. The first kappa shape index (κ1) is 23.4. The number of aryl methyl sites for hydroxylation is 1. The summed E-state index contributed by atoms with van der Waals surface area (Å²) in [4.78, 5) is 34.8. The molecule has 0 saturated heterocycles. The van der Waals surface area contributed by atoms with Crippen LogP contribution in [-0.4, -0.2) is 31.6 Å². The van der Waals surface area contributed by atoms with Crippen LogP contribution in [0.5, 0.6) is 11.5 Å². The number of halogens is 1. The molecule has 0 saturated carbocycles. The summed E-state index contributed by atoms with van der Waals surface area (Å²) in [6.45, 7) is 1.67. The van der Waals surface area contributed by atoms with Crippen LogP contribution in [0, 0.1) is 18.3 Å². The first-order chi connectivity index (χ1) is 14.7. The lowest BCUT2D eigenvalue weighted by atomic mass is 10.1. The predicted molar refractivity (Wildman–Crippen MR) is 117 cm³/mol. The first-order valence-corrected chi connectivity index (χ1v) is 9.62. The molecule has 0 unspecified atom stereocenters. The van der Waals surface area contributed by atoms with E-state index in [9.17, 15) is 14.4 Å². The number of primary amides is 1. The molecule has 0 spiro atoms. The molecule has 0 aliphatic rings. The van der Waals surface area contributed by atoms with Gasteiger partial charge in [-0.15, -0.1) is 0 Å². The van der Waals surface area contributed by atoms with Crippen LogP contribution >= 0.6 is 15.9 Å². The van der Waals surface area contributed by atoms with Gasteiger partial charge in [0.25, 0.3) is 11.8 Å². The number of urea groups is 1. The number of hydrogen-bond acceptors (Lipinski definition) is 6. The summed E-state index contributed by atoms with van der Waals surface area (Å²) >= 11 is 3.33. The molecule has 160 valence electrons. The van der Waals surface area contributed by atoms with Crippen molar-refractivity contribution < 1.29 is 23.9 Å². The Morgan fingerprint density at radius 1 is 1.23 bits per heavy atom. The minimum absolute atomic E-state index is 0.261. The van der Waals surface area contributed by atoms with Gasteiger partial charge in [-0.3, -0.25) is 14.9 Å². The maximum atomic E-state index is 12.2. The van der Waals surface area contributed by atoms with Gasteiger partial charge in [0.2, 0.25) is 0 Å². The molecule has 0 bridgehead atoms. The van der Waals surface area contributed by atoms with E-state index in [2.05, 4.69) is 21.2 Å². The summed E-state index contributed by atoms with van der Waals surface area (Å²) in [6, 6.07) is 11.0. The molecule has 0 aliphatic heterocycles. The number of nitriles is 1. The average molecular weight is 487 g/mol. The van der Waals surface area contributed by atoms with Crippen LogP contribution in [0.3, 0.4) is 0 Å². The summed E-state index contributed by atoms with van der Waals surface area (Å²) in [5.74, 6) is -0.773. The molecule has 10 heteroatoms. The number of anilines is 1. The molecular formula is C21H19BrN4O5. The molecule has 2 aromatic carbocycles. The highest BCUT2D eigenvalue weighted by atomic mass is 79.9. The molecule has 0 aromatic heterocycles. The molecule has 2 aromatic rings. The van der Waals surface area contributed by atoms with Crippen LogP contribution in [0.15, 0.2) is 46.4 Å². The third-order valence-electron chi connectivity index (χ3n) is 3.85. The average Bonchev–Trinajstić information content (AvgIpc) is 2.71. The van der Waals surface area contributed by atoms with E-state index < -0.39 is 11.9 Å². The molecule has 0 aliphatic carbocycles. The van der Waals surface area contributed by atoms with E-state index in [0.717, 1.165) is 5.56 Å². The van der Waals surface area contributed by atoms with Crippen molar-refractivity contribution in [1.29, 1.82) is 5.26 Å². The molecule has 4 amide bonds. The Morgan fingerprint density at radius 2 is 1.90 bits per heavy atom. The van der Waals surface area contributed by atoms with Crippen LogP contribution < -0.4 is 25.8 Å². The van der Waals surface area contributed by atoms with Crippen LogP contribution in [-0.2, 0) is 9.59 Å². The van der Waals surface area contributed by atoms with E-state index >= 15 is 0 Å². The molecular weight excluding hydrogens is 468 g/mol. The third kappa shape index (κ3) is 6.87. The zero-order chi connectivity index (χ0) is 23.0. The largest absolute Gasteiger partial charge is 0.493 e. The lowest BCUT2D eigenvalue weighted by Crippen LogP contribution is -2.35. The summed E-state index contributed by atoms with van der Waals surface area (Å²) in [5, 5.41) is 13.7. The maximum Gasteiger partial charge on any atom is 0.319 e. The molecule has 0 atom stereocenters. The lowest BCUT2D eigenvalue weighted by molar-refractivity contribution is -0.118. The standard InChI is InChI=1S/C21H19BrN4O5/c1-12-3-5-15(6-4-12)25-18(27)11-31-19-16(22)8-13(9-17(19)30-2)7-14(10-23)20(28)26-21(24)29/h3-9H,11H2,1-2H3,(H,25,27)(H3,24,26,28,29)/b14-7-. The lowest BCUT2D eigenvalue weighted by Gasteiger charge is -2.14. The topological polar surface area (TPSA) is 144 Å². The summed E-state index contributed by atoms with van der Waals surface area (Å²) in [5.41, 5.74) is 6.69. The molecule has 4 N–H and O–H groups in total. The molecule has 9 nitrogen and oxygen atoms in total. The van der Waals surface area contributed by atoms with Gasteiger partial charge in [0.1, 0.15) is 11.6 Å². The quantitative estimate of drug-likeness (QED) is 0.405. The monoisotopic (exact) mass is 486 g/mol. The number of amides is 4. The molecule has 2 rings (SSSR count). The number of nitrogens with zero attached hydrogens (tertiary/aromatic N) is 1. The first-order valence-electron chi connectivity index (χ1n) is 8.83. The Labute approximate surface area is 186 Å². The number of methoxy groups -OCH3 is 1. The molecule has 0 fully saturated rings. The Kier molecular flexibility index (Phi) is 8.16. The molecule has 0 radical (unpaired) electrons. The number of nitrogens with one attached hydrogen (secondary N) is 2. The predicted octanol–water partition coefficient (Wildman–Crippen LogP) is 2.89. The molecule has 0 heterocycles. The summed E-state index contributed by atoms with van der Waals surface area (Å²) in [7, 11) is 1.40. The van der Waals surface area contributed by atoms with Gasteiger partial charge < -0.3 is 20.5 Å². The van der Waals surface area contributed by atoms with Crippen molar-refractivity contribution in [2.45, 2.75) is 6.92 Å². The van der Waals surface area contributed by atoms with Crippen molar-refractivity contribution in [3.8, 4) is 17.6 Å².